The molecule has 0 amide bonds. The zero-order valence-corrected chi connectivity index (χ0v) is 30.0. The Morgan fingerprint density at radius 2 is 1.36 bits per heavy atom. The van der Waals surface area contributed by atoms with Gasteiger partial charge in [-0.15, -0.1) is 0 Å². The average molecular weight is 710 g/mol. The van der Waals surface area contributed by atoms with Crippen molar-refractivity contribution in [3.8, 4) is 34.2 Å². The summed E-state index contributed by atoms with van der Waals surface area (Å²) in [5, 5.41) is 3.50. The number of nitrogens with one attached hydrogen (secondary N) is 1. The van der Waals surface area contributed by atoms with Gasteiger partial charge in [-0.1, -0.05) is 121 Å². The van der Waals surface area contributed by atoms with Crippen LogP contribution in [-0.4, -0.2) is 34.1 Å². The van der Waals surface area contributed by atoms with Crippen molar-refractivity contribution in [1.29, 1.82) is 0 Å². The molecule has 0 spiro atoms. The summed E-state index contributed by atoms with van der Waals surface area (Å²) < 4.78 is 4.62. The van der Waals surface area contributed by atoms with Crippen molar-refractivity contribution in [3.63, 3.8) is 0 Å². The molecule has 0 radical (unpaired) electrons. The van der Waals surface area contributed by atoms with E-state index in [1.54, 1.807) is 0 Å². The molecule has 0 aliphatic heterocycles. The maximum atomic E-state index is 5.53. The fourth-order valence-corrected chi connectivity index (χ4v) is 8.24. The lowest BCUT2D eigenvalue weighted by atomic mass is 10.0. The molecule has 0 bridgehead atoms. The third kappa shape index (κ3) is 5.19. The van der Waals surface area contributed by atoms with Crippen LogP contribution in [0.4, 0.5) is 0 Å². The van der Waals surface area contributed by atoms with Crippen molar-refractivity contribution < 1.29 is 0 Å². The van der Waals surface area contributed by atoms with Crippen LogP contribution >= 0.6 is 0 Å². The van der Waals surface area contributed by atoms with Crippen LogP contribution in [0.3, 0.4) is 0 Å². The smallest absolute Gasteiger partial charge is 0.165 e. The topological polar surface area (TPSA) is 77.2 Å². The molecular weight excluding hydrogens is 675 g/mol. The summed E-state index contributed by atoms with van der Waals surface area (Å²) >= 11 is 0. The number of para-hydroxylation sites is 2. The largest absolute Gasteiger partial charge is 0.354 e. The second-order valence-corrected chi connectivity index (χ2v) is 14.2. The molecule has 9 aromatic rings. The highest BCUT2D eigenvalue weighted by Crippen LogP contribution is 2.42. The molecule has 55 heavy (non-hydrogen) atoms. The number of rotatable bonds is 6. The van der Waals surface area contributed by atoms with Gasteiger partial charge in [0.05, 0.1) is 16.4 Å². The van der Waals surface area contributed by atoms with Crippen LogP contribution in [0.5, 0.6) is 0 Å². The molecule has 5 aromatic carbocycles. The average Bonchev–Trinajstić information content (AvgIpc) is 3.94. The first-order valence-electron chi connectivity index (χ1n) is 19.0. The van der Waals surface area contributed by atoms with Crippen molar-refractivity contribution in [2.75, 3.05) is 0 Å². The Labute approximate surface area is 317 Å². The Bertz CT molecular complexity index is 3080. The van der Waals surface area contributed by atoms with E-state index in [4.69, 9.17) is 19.9 Å². The summed E-state index contributed by atoms with van der Waals surface area (Å²) in [6.45, 7) is 0. The number of aromatic amines is 1. The Morgan fingerprint density at radius 1 is 0.582 bits per heavy atom. The van der Waals surface area contributed by atoms with E-state index in [1.165, 1.54) is 10.8 Å². The van der Waals surface area contributed by atoms with Gasteiger partial charge in [-0.3, -0.25) is 9.13 Å². The minimum atomic E-state index is 0.655. The number of hydrogen-bond donors (Lipinski definition) is 1. The molecule has 4 aromatic heterocycles. The van der Waals surface area contributed by atoms with Gasteiger partial charge in [0.15, 0.2) is 23.1 Å². The van der Waals surface area contributed by atoms with Gasteiger partial charge < -0.3 is 4.98 Å². The number of imidazole rings is 1. The first-order valence-corrected chi connectivity index (χ1v) is 19.0. The van der Waals surface area contributed by atoms with Gasteiger partial charge in [-0.05, 0) is 67.7 Å². The van der Waals surface area contributed by atoms with E-state index in [-0.39, 0.29) is 0 Å². The predicted octanol–water partition coefficient (Wildman–Crippen LogP) is 11.6. The van der Waals surface area contributed by atoms with Crippen molar-refractivity contribution in [3.05, 3.63) is 169 Å². The van der Waals surface area contributed by atoms with E-state index >= 15 is 0 Å². The summed E-state index contributed by atoms with van der Waals surface area (Å²) in [4.78, 5) is 24.6. The Morgan fingerprint density at radius 3 is 2.20 bits per heavy atom. The molecule has 0 saturated carbocycles. The fraction of sp³-hybridized carbons (Fsp3) is 0.0833. The van der Waals surface area contributed by atoms with Crippen LogP contribution in [0, 0.1) is 0 Å². The Kier molecular flexibility index (Phi) is 7.30. The number of aromatic nitrogens is 7. The molecule has 262 valence electrons. The molecule has 7 nitrogen and oxygen atoms in total. The monoisotopic (exact) mass is 709 g/mol. The number of H-pyrrole nitrogens is 1. The highest BCUT2D eigenvalue weighted by atomic mass is 15.2. The SMILES string of the molecule is C1=CCCC(c2nc(C3=CCCC=C3)nc(-c3cccc(-n4c5ccc6c7ccccc7[nH]c6c5c5c4nc(-c4ccccc4)n5-c4ccccc4)c3)n2)=C1. The van der Waals surface area contributed by atoms with E-state index < -0.39 is 0 Å². The van der Waals surface area contributed by atoms with Crippen molar-refractivity contribution in [2.45, 2.75) is 25.7 Å². The molecule has 11 rings (SSSR count). The van der Waals surface area contributed by atoms with Gasteiger partial charge in [0, 0.05) is 44.4 Å². The molecule has 0 unspecified atom stereocenters. The van der Waals surface area contributed by atoms with Crippen molar-refractivity contribution in [2.24, 2.45) is 0 Å². The lowest BCUT2D eigenvalue weighted by Gasteiger charge is -2.14. The van der Waals surface area contributed by atoms with Gasteiger partial charge in [0.25, 0.3) is 0 Å². The first kappa shape index (κ1) is 31.4. The maximum absolute atomic E-state index is 5.53. The number of hydrogen-bond acceptors (Lipinski definition) is 4. The minimum Gasteiger partial charge on any atom is -0.354 e. The van der Waals surface area contributed by atoms with E-state index in [9.17, 15) is 0 Å². The first-order chi connectivity index (χ1) is 27.3. The Hall–Kier alpha value is -7.12. The molecule has 7 heteroatoms. The molecule has 2 aliphatic rings. The summed E-state index contributed by atoms with van der Waals surface area (Å²) in [7, 11) is 0. The lowest BCUT2D eigenvalue weighted by Crippen LogP contribution is -2.06. The van der Waals surface area contributed by atoms with E-state index in [2.05, 4.69) is 172 Å². The molecule has 4 heterocycles. The zero-order valence-electron chi connectivity index (χ0n) is 30.0. The van der Waals surface area contributed by atoms with E-state index in [0.29, 0.717) is 11.6 Å². The van der Waals surface area contributed by atoms with E-state index in [1.807, 2.05) is 0 Å². The van der Waals surface area contributed by atoms with Gasteiger partial charge >= 0.3 is 0 Å². The summed E-state index contributed by atoms with van der Waals surface area (Å²) in [6.07, 6.45) is 16.9. The summed E-state index contributed by atoms with van der Waals surface area (Å²) in [5.74, 6) is 2.98. The third-order valence-corrected chi connectivity index (χ3v) is 10.8. The molecule has 2 aliphatic carbocycles. The van der Waals surface area contributed by atoms with Crippen LogP contribution in [0.1, 0.15) is 37.3 Å². The van der Waals surface area contributed by atoms with Crippen LogP contribution in [0.15, 0.2) is 158 Å². The molecule has 1 N–H and O–H groups in total. The number of benzene rings is 5. The van der Waals surface area contributed by atoms with Gasteiger partial charge in [-0.25, -0.2) is 19.9 Å². The second-order valence-electron chi connectivity index (χ2n) is 14.2. The molecule has 0 saturated heterocycles. The van der Waals surface area contributed by atoms with Crippen LogP contribution < -0.4 is 0 Å². The van der Waals surface area contributed by atoms with Crippen LogP contribution in [0.2, 0.25) is 0 Å². The van der Waals surface area contributed by atoms with Gasteiger partial charge in [0.1, 0.15) is 11.3 Å². The molecular formula is C48H35N7. The van der Waals surface area contributed by atoms with Crippen LogP contribution in [0.25, 0.3) is 89.2 Å². The molecule has 0 fully saturated rings. The van der Waals surface area contributed by atoms with Gasteiger partial charge in [-0.2, -0.15) is 0 Å². The zero-order chi connectivity index (χ0) is 36.3. The van der Waals surface area contributed by atoms with Crippen molar-refractivity contribution >= 4 is 55.0 Å². The molecule has 0 atom stereocenters. The fourth-order valence-electron chi connectivity index (χ4n) is 8.24. The summed E-state index contributed by atoms with van der Waals surface area (Å²) in [5.41, 5.74) is 11.3. The Balaban J connectivity index is 1.20. The highest BCUT2D eigenvalue weighted by Gasteiger charge is 2.26. The normalized spacial score (nSPS) is 14.3. The number of nitrogens with zero attached hydrogens (tertiary/aromatic N) is 6. The lowest BCUT2D eigenvalue weighted by molar-refractivity contribution is 0.952. The summed E-state index contributed by atoms with van der Waals surface area (Å²) in [6, 6.07) is 42.6. The quantitative estimate of drug-likeness (QED) is 0.186. The second kappa shape index (κ2) is 12.8. The highest BCUT2D eigenvalue weighted by molar-refractivity contribution is 6.24. The standard InChI is InChI=1S/C48H35N7/c1-5-16-31(17-6-1)44-50-45(32-18-7-2-8-19-32)52-46(51-44)34-22-15-25-36(30-34)54-40-29-28-38-37-26-13-14-27-39(37)49-42(38)41(40)43-48(54)53-47(33-20-9-3-10-21-33)55(43)35-23-11-4-12-24-35/h1,3-5,7,9-16,18-30,49H,2,6,8,17H2. The predicted molar refractivity (Wildman–Crippen MR) is 224 cm³/mol. The number of fused-ring (bicyclic) bond motifs is 7. The third-order valence-electron chi connectivity index (χ3n) is 10.8. The minimum absolute atomic E-state index is 0.655. The van der Waals surface area contributed by atoms with Crippen molar-refractivity contribution in [1.82, 2.24) is 34.1 Å². The van der Waals surface area contributed by atoms with Gasteiger partial charge in [0.2, 0.25) is 0 Å². The number of allylic oxidation sites excluding steroid dienone is 8. The maximum Gasteiger partial charge on any atom is 0.165 e. The van der Waals surface area contributed by atoms with E-state index in [0.717, 1.165) is 104 Å². The van der Waals surface area contributed by atoms with Crippen LogP contribution in [-0.2, 0) is 0 Å².